The highest BCUT2D eigenvalue weighted by molar-refractivity contribution is 6.31. The Hall–Kier alpha value is -2.16. The van der Waals surface area contributed by atoms with Crippen molar-refractivity contribution in [3.05, 3.63) is 58.6 Å². The molecule has 1 unspecified atom stereocenters. The van der Waals surface area contributed by atoms with Crippen molar-refractivity contribution in [3.8, 4) is 6.07 Å². The van der Waals surface area contributed by atoms with Crippen molar-refractivity contribution in [3.63, 3.8) is 0 Å². The highest BCUT2D eigenvalue weighted by atomic mass is 35.5. The van der Waals surface area contributed by atoms with Crippen molar-refractivity contribution in [2.75, 3.05) is 24.6 Å². The van der Waals surface area contributed by atoms with E-state index in [0.29, 0.717) is 23.9 Å². The number of aromatic nitrogens is 1. The van der Waals surface area contributed by atoms with Gasteiger partial charge in [-0.05, 0) is 24.3 Å². The summed E-state index contributed by atoms with van der Waals surface area (Å²) < 4.78 is 18.9. The number of nitriles is 1. The summed E-state index contributed by atoms with van der Waals surface area (Å²) >= 11 is 6.11. The van der Waals surface area contributed by atoms with Crippen LogP contribution in [0.1, 0.15) is 17.4 Å². The van der Waals surface area contributed by atoms with Crippen LogP contribution in [-0.4, -0.2) is 24.7 Å². The second kappa shape index (κ2) is 6.30. The number of halogens is 2. The zero-order chi connectivity index (χ0) is 15.5. The number of hydrogen-bond acceptors (Lipinski definition) is 4. The van der Waals surface area contributed by atoms with Gasteiger partial charge >= 0.3 is 0 Å². The lowest BCUT2D eigenvalue weighted by Gasteiger charge is -2.34. The molecular weight excluding hydrogens is 305 g/mol. The number of anilines is 1. The quantitative estimate of drug-likeness (QED) is 0.852. The number of nitrogens with zero attached hydrogens (tertiary/aromatic N) is 3. The molecule has 1 aromatic heterocycles. The van der Waals surface area contributed by atoms with Gasteiger partial charge in [0.15, 0.2) is 0 Å². The first-order valence-electron chi connectivity index (χ1n) is 6.85. The smallest absolute Gasteiger partial charge is 0.140 e. The van der Waals surface area contributed by atoms with Crippen LogP contribution in [0.3, 0.4) is 0 Å². The Morgan fingerprint density at radius 3 is 2.91 bits per heavy atom. The molecule has 1 atom stereocenters. The summed E-state index contributed by atoms with van der Waals surface area (Å²) in [5, 5.41) is 9.16. The van der Waals surface area contributed by atoms with Gasteiger partial charge in [-0.15, -0.1) is 0 Å². The third-order valence-electron chi connectivity index (χ3n) is 3.60. The maximum Gasteiger partial charge on any atom is 0.140 e. The molecule has 2 heterocycles. The Morgan fingerprint density at radius 2 is 2.23 bits per heavy atom. The first kappa shape index (κ1) is 14.8. The summed E-state index contributed by atoms with van der Waals surface area (Å²) in [5.74, 6) is -0.363. The van der Waals surface area contributed by atoms with Crippen LogP contribution < -0.4 is 4.90 Å². The van der Waals surface area contributed by atoms with Crippen LogP contribution >= 0.6 is 11.6 Å². The molecular formula is C16H13ClFN3O. The Bertz CT molecular complexity index is 714. The zero-order valence-electron chi connectivity index (χ0n) is 11.7. The van der Waals surface area contributed by atoms with Crippen LogP contribution in [0, 0.1) is 17.1 Å². The second-order valence-corrected chi connectivity index (χ2v) is 5.39. The fourth-order valence-electron chi connectivity index (χ4n) is 2.47. The number of morpholine rings is 1. The van der Waals surface area contributed by atoms with Crippen LogP contribution in [0.5, 0.6) is 0 Å². The Labute approximate surface area is 132 Å². The molecule has 0 N–H and O–H groups in total. The van der Waals surface area contributed by atoms with Crippen LogP contribution in [0.2, 0.25) is 5.02 Å². The van der Waals surface area contributed by atoms with E-state index in [9.17, 15) is 4.39 Å². The number of rotatable bonds is 2. The van der Waals surface area contributed by atoms with Gasteiger partial charge < -0.3 is 9.64 Å². The van der Waals surface area contributed by atoms with E-state index < -0.39 is 0 Å². The summed E-state index contributed by atoms with van der Waals surface area (Å²) in [5.41, 5.74) is 2.08. The number of ether oxygens (including phenoxy) is 1. The Balaban J connectivity index is 1.80. The van der Waals surface area contributed by atoms with Gasteiger partial charge in [0.25, 0.3) is 0 Å². The molecule has 1 aliphatic heterocycles. The van der Waals surface area contributed by atoms with E-state index in [4.69, 9.17) is 21.6 Å². The molecule has 0 amide bonds. The molecule has 1 fully saturated rings. The van der Waals surface area contributed by atoms with E-state index >= 15 is 0 Å². The van der Waals surface area contributed by atoms with E-state index in [1.165, 1.54) is 12.1 Å². The van der Waals surface area contributed by atoms with Crippen molar-refractivity contribution < 1.29 is 9.13 Å². The van der Waals surface area contributed by atoms with Gasteiger partial charge in [0.05, 0.1) is 18.5 Å². The molecule has 2 aromatic rings. The maximum atomic E-state index is 13.2. The van der Waals surface area contributed by atoms with Gasteiger partial charge in [-0.1, -0.05) is 17.7 Å². The van der Waals surface area contributed by atoms with Crippen LogP contribution in [0.15, 0.2) is 36.5 Å². The van der Waals surface area contributed by atoms with E-state index in [-0.39, 0.29) is 11.9 Å². The molecule has 0 bridgehead atoms. The third-order valence-corrected chi connectivity index (χ3v) is 3.93. The molecule has 1 aromatic carbocycles. The first-order chi connectivity index (χ1) is 10.7. The van der Waals surface area contributed by atoms with Crippen LogP contribution in [0.25, 0.3) is 0 Å². The fourth-order valence-corrected chi connectivity index (χ4v) is 2.76. The van der Waals surface area contributed by atoms with Gasteiger partial charge in [-0.3, -0.25) is 0 Å². The van der Waals surface area contributed by atoms with E-state index in [0.717, 1.165) is 17.8 Å². The van der Waals surface area contributed by atoms with Gasteiger partial charge in [0.2, 0.25) is 0 Å². The third kappa shape index (κ3) is 3.03. The molecule has 22 heavy (non-hydrogen) atoms. The van der Waals surface area contributed by atoms with Gasteiger partial charge in [0, 0.05) is 23.7 Å². The largest absolute Gasteiger partial charge is 0.370 e. The fraction of sp³-hybridized carbons (Fsp3) is 0.250. The molecule has 1 aliphatic rings. The molecule has 112 valence electrons. The summed E-state index contributed by atoms with van der Waals surface area (Å²) in [4.78, 5) is 6.19. The average Bonchev–Trinajstić information content (AvgIpc) is 2.55. The number of benzene rings is 1. The normalized spacial score (nSPS) is 18.0. The highest BCUT2D eigenvalue weighted by Gasteiger charge is 2.24. The molecule has 0 saturated carbocycles. The Kier molecular flexibility index (Phi) is 4.23. The van der Waals surface area contributed by atoms with Crippen molar-refractivity contribution in [2.24, 2.45) is 0 Å². The standard InChI is InChI=1S/C16H13ClFN3O/c17-15-7-11(18)1-4-14(15)16-10-21(5-6-22-16)13-3-2-12(8-19)20-9-13/h1-4,7,9,16H,5-6,10H2. The predicted molar refractivity (Wildman–Crippen MR) is 81.3 cm³/mol. The lowest BCUT2D eigenvalue weighted by atomic mass is 10.1. The molecule has 0 aliphatic carbocycles. The molecule has 0 radical (unpaired) electrons. The van der Waals surface area contributed by atoms with Crippen LogP contribution in [0.4, 0.5) is 10.1 Å². The molecule has 1 saturated heterocycles. The molecule has 3 rings (SSSR count). The van der Waals surface area contributed by atoms with Crippen LogP contribution in [-0.2, 0) is 4.74 Å². The SMILES string of the molecule is N#Cc1ccc(N2CCOC(c3ccc(F)cc3Cl)C2)cn1. The summed E-state index contributed by atoms with van der Waals surface area (Å²) in [6.07, 6.45) is 1.45. The second-order valence-electron chi connectivity index (χ2n) is 4.98. The topological polar surface area (TPSA) is 49.2 Å². The van der Waals surface area contributed by atoms with E-state index in [1.54, 1.807) is 18.3 Å². The van der Waals surface area contributed by atoms with Crippen molar-refractivity contribution in [1.82, 2.24) is 4.98 Å². The minimum Gasteiger partial charge on any atom is -0.370 e. The zero-order valence-corrected chi connectivity index (χ0v) is 12.4. The summed E-state index contributed by atoms with van der Waals surface area (Å²) in [6.45, 7) is 1.86. The van der Waals surface area contributed by atoms with Gasteiger partial charge in [0.1, 0.15) is 23.7 Å². The van der Waals surface area contributed by atoms with Crippen molar-refractivity contribution in [1.29, 1.82) is 5.26 Å². The number of hydrogen-bond donors (Lipinski definition) is 0. The van der Waals surface area contributed by atoms with Gasteiger partial charge in [-0.25, -0.2) is 9.37 Å². The minimum atomic E-state index is -0.363. The van der Waals surface area contributed by atoms with E-state index in [1.807, 2.05) is 12.1 Å². The lowest BCUT2D eigenvalue weighted by Crippen LogP contribution is -2.38. The maximum absolute atomic E-state index is 13.2. The monoisotopic (exact) mass is 317 g/mol. The number of pyridine rings is 1. The Morgan fingerprint density at radius 1 is 1.36 bits per heavy atom. The first-order valence-corrected chi connectivity index (χ1v) is 7.23. The lowest BCUT2D eigenvalue weighted by molar-refractivity contribution is 0.0398. The predicted octanol–water partition coefficient (Wildman–Crippen LogP) is 3.32. The average molecular weight is 318 g/mol. The van der Waals surface area contributed by atoms with Crippen molar-refractivity contribution >= 4 is 17.3 Å². The van der Waals surface area contributed by atoms with Crippen molar-refractivity contribution in [2.45, 2.75) is 6.10 Å². The van der Waals surface area contributed by atoms with E-state index in [2.05, 4.69) is 9.88 Å². The highest BCUT2D eigenvalue weighted by Crippen LogP contribution is 2.30. The van der Waals surface area contributed by atoms with Gasteiger partial charge in [-0.2, -0.15) is 5.26 Å². The molecule has 0 spiro atoms. The summed E-state index contributed by atoms with van der Waals surface area (Å²) in [6, 6.07) is 9.88. The summed E-state index contributed by atoms with van der Waals surface area (Å²) in [7, 11) is 0. The minimum absolute atomic E-state index is 0.225. The molecule has 6 heteroatoms. The molecule has 4 nitrogen and oxygen atoms in total.